The second-order valence-corrected chi connectivity index (χ2v) is 9.51. The maximum Gasteiger partial charge on any atom is -0.0414 e. The Bertz CT molecular complexity index is 257. The molecule has 1 radical (unpaired) electrons. The maximum atomic E-state index is 4.38. The summed E-state index contributed by atoms with van der Waals surface area (Å²) < 4.78 is 0. The van der Waals surface area contributed by atoms with E-state index in [1.165, 1.54) is 154 Å². The predicted octanol–water partition coefficient (Wildman–Crippen LogP) is 10.8. The first-order valence-corrected chi connectivity index (χ1v) is 13.6. The quantitative estimate of drug-likeness (QED) is 0.143. The van der Waals surface area contributed by atoms with Gasteiger partial charge in [-0.15, -0.1) is 0 Å². The van der Waals surface area contributed by atoms with Crippen molar-refractivity contribution in [3.05, 3.63) is 6.92 Å². The highest BCUT2D eigenvalue weighted by Gasteiger charge is 2.02. The lowest BCUT2D eigenvalue weighted by molar-refractivity contribution is 0.461. The van der Waals surface area contributed by atoms with Gasteiger partial charge in [0, 0.05) is 0 Å². The summed E-state index contributed by atoms with van der Waals surface area (Å²) in [6, 6.07) is 0. The van der Waals surface area contributed by atoms with Crippen molar-refractivity contribution in [3.8, 4) is 0 Å². The standard InChI is InChI=1S/C28H57/c1-4-6-8-10-12-13-14-15-16-17-18-19-20-21-23-25-27-28(3)26-24-22-11-9-7-5-2/h28H,3-27H2,1-2H3. The number of unbranched alkanes of at least 4 members (excludes halogenated alkanes) is 20. The molecule has 0 aromatic heterocycles. The van der Waals surface area contributed by atoms with Gasteiger partial charge in [-0.05, 0) is 5.92 Å². The highest BCUT2D eigenvalue weighted by Crippen LogP contribution is 2.19. The fourth-order valence-corrected chi connectivity index (χ4v) is 4.34. The first-order chi connectivity index (χ1) is 13.8. The summed E-state index contributed by atoms with van der Waals surface area (Å²) in [5.41, 5.74) is 0. The Morgan fingerprint density at radius 3 is 0.821 bits per heavy atom. The summed E-state index contributed by atoms with van der Waals surface area (Å²) in [5, 5.41) is 0. The van der Waals surface area contributed by atoms with Crippen LogP contribution in [0.3, 0.4) is 0 Å². The number of hydrogen-bond donors (Lipinski definition) is 0. The molecule has 0 aromatic carbocycles. The van der Waals surface area contributed by atoms with Crippen LogP contribution in [0.5, 0.6) is 0 Å². The molecular formula is C28H57. The van der Waals surface area contributed by atoms with E-state index in [0.717, 1.165) is 5.92 Å². The molecule has 0 heterocycles. The molecule has 0 N–H and O–H groups in total. The van der Waals surface area contributed by atoms with Crippen LogP contribution >= 0.6 is 0 Å². The van der Waals surface area contributed by atoms with Gasteiger partial charge in [-0.2, -0.15) is 0 Å². The molecule has 28 heavy (non-hydrogen) atoms. The zero-order valence-electron chi connectivity index (χ0n) is 20.3. The molecule has 0 fully saturated rings. The molecule has 0 nitrogen and oxygen atoms in total. The van der Waals surface area contributed by atoms with Gasteiger partial charge < -0.3 is 0 Å². The molecule has 0 aliphatic carbocycles. The van der Waals surface area contributed by atoms with E-state index in [2.05, 4.69) is 20.8 Å². The SMILES string of the molecule is [CH2]C(CCCCCCCC)CCCCCCCCCCCCCCCCCC. The topological polar surface area (TPSA) is 0 Å². The minimum atomic E-state index is 0.720. The molecule has 0 rings (SSSR count). The van der Waals surface area contributed by atoms with E-state index in [1.54, 1.807) is 0 Å². The predicted molar refractivity (Wildman–Crippen MR) is 131 cm³/mol. The van der Waals surface area contributed by atoms with Crippen molar-refractivity contribution in [1.82, 2.24) is 0 Å². The van der Waals surface area contributed by atoms with Gasteiger partial charge in [0.1, 0.15) is 0 Å². The second kappa shape index (κ2) is 25.0. The highest BCUT2D eigenvalue weighted by atomic mass is 14.1. The summed E-state index contributed by atoms with van der Waals surface area (Å²) in [6.07, 6.45) is 34.6. The molecule has 0 spiro atoms. The first kappa shape index (κ1) is 28.0. The van der Waals surface area contributed by atoms with Gasteiger partial charge in [0.15, 0.2) is 0 Å². The van der Waals surface area contributed by atoms with Crippen LogP contribution in [-0.2, 0) is 0 Å². The molecule has 0 bridgehead atoms. The summed E-state index contributed by atoms with van der Waals surface area (Å²) in [7, 11) is 0. The minimum Gasteiger partial charge on any atom is -0.0654 e. The van der Waals surface area contributed by atoms with Crippen molar-refractivity contribution >= 4 is 0 Å². The van der Waals surface area contributed by atoms with E-state index < -0.39 is 0 Å². The van der Waals surface area contributed by atoms with E-state index >= 15 is 0 Å². The van der Waals surface area contributed by atoms with Gasteiger partial charge in [-0.1, -0.05) is 175 Å². The van der Waals surface area contributed by atoms with Crippen molar-refractivity contribution in [2.24, 2.45) is 5.92 Å². The van der Waals surface area contributed by atoms with Gasteiger partial charge in [0.2, 0.25) is 0 Å². The fourth-order valence-electron chi connectivity index (χ4n) is 4.34. The summed E-state index contributed by atoms with van der Waals surface area (Å²) in [4.78, 5) is 0. The summed E-state index contributed by atoms with van der Waals surface area (Å²) in [6.45, 7) is 8.98. The van der Waals surface area contributed by atoms with Crippen LogP contribution in [0.15, 0.2) is 0 Å². The average molecular weight is 394 g/mol. The Labute approximate surface area is 181 Å². The average Bonchev–Trinajstić information content (AvgIpc) is 2.70. The third kappa shape index (κ3) is 24.0. The first-order valence-electron chi connectivity index (χ1n) is 13.6. The lowest BCUT2D eigenvalue weighted by atomic mass is 9.96. The smallest absolute Gasteiger partial charge is 0.0414 e. The van der Waals surface area contributed by atoms with Crippen LogP contribution in [0.1, 0.15) is 168 Å². The van der Waals surface area contributed by atoms with E-state index in [4.69, 9.17) is 0 Å². The zero-order chi connectivity index (χ0) is 20.5. The van der Waals surface area contributed by atoms with Gasteiger partial charge in [0.25, 0.3) is 0 Å². The number of rotatable bonds is 24. The Morgan fingerprint density at radius 2 is 0.571 bits per heavy atom. The Kier molecular flexibility index (Phi) is 25.0. The molecule has 0 saturated carbocycles. The van der Waals surface area contributed by atoms with Crippen molar-refractivity contribution in [2.45, 2.75) is 168 Å². The Balaban J connectivity index is 3.09. The minimum absolute atomic E-state index is 0.720. The van der Waals surface area contributed by atoms with Gasteiger partial charge in [0.05, 0.1) is 0 Å². The molecular weight excluding hydrogens is 336 g/mol. The van der Waals surface area contributed by atoms with Crippen molar-refractivity contribution < 1.29 is 0 Å². The molecule has 0 heteroatoms. The third-order valence-corrected chi connectivity index (χ3v) is 6.43. The van der Waals surface area contributed by atoms with E-state index in [9.17, 15) is 0 Å². The summed E-state index contributed by atoms with van der Waals surface area (Å²) in [5.74, 6) is 0.720. The maximum absolute atomic E-state index is 4.38. The van der Waals surface area contributed by atoms with Crippen LogP contribution < -0.4 is 0 Å². The normalized spacial score (nSPS) is 12.5. The monoisotopic (exact) mass is 393 g/mol. The van der Waals surface area contributed by atoms with Gasteiger partial charge in [-0.25, -0.2) is 0 Å². The van der Waals surface area contributed by atoms with Crippen LogP contribution in [0.2, 0.25) is 0 Å². The Morgan fingerprint density at radius 1 is 0.357 bits per heavy atom. The number of hydrogen-bond acceptors (Lipinski definition) is 0. The fraction of sp³-hybridized carbons (Fsp3) is 0.964. The lowest BCUT2D eigenvalue weighted by Gasteiger charge is -2.11. The van der Waals surface area contributed by atoms with Crippen LogP contribution in [-0.4, -0.2) is 0 Å². The van der Waals surface area contributed by atoms with E-state index in [0.29, 0.717) is 0 Å². The molecule has 0 amide bonds. The highest BCUT2D eigenvalue weighted by molar-refractivity contribution is 4.62. The molecule has 0 aliphatic rings. The molecule has 0 saturated heterocycles. The van der Waals surface area contributed by atoms with Crippen LogP contribution in [0, 0.1) is 12.8 Å². The molecule has 1 atom stereocenters. The third-order valence-electron chi connectivity index (χ3n) is 6.43. The summed E-state index contributed by atoms with van der Waals surface area (Å²) >= 11 is 0. The van der Waals surface area contributed by atoms with Crippen molar-refractivity contribution in [1.29, 1.82) is 0 Å². The van der Waals surface area contributed by atoms with Crippen molar-refractivity contribution in [3.63, 3.8) is 0 Å². The van der Waals surface area contributed by atoms with Gasteiger partial charge >= 0.3 is 0 Å². The second-order valence-electron chi connectivity index (χ2n) is 9.51. The van der Waals surface area contributed by atoms with Gasteiger partial charge in [-0.3, -0.25) is 0 Å². The van der Waals surface area contributed by atoms with E-state index in [-0.39, 0.29) is 0 Å². The molecule has 1 unspecified atom stereocenters. The van der Waals surface area contributed by atoms with E-state index in [1.807, 2.05) is 0 Å². The lowest BCUT2D eigenvalue weighted by Crippen LogP contribution is -1.95. The largest absolute Gasteiger partial charge is 0.0654 e. The Hall–Kier alpha value is 0. The molecule has 169 valence electrons. The molecule has 0 aromatic rings. The van der Waals surface area contributed by atoms with Crippen molar-refractivity contribution in [2.75, 3.05) is 0 Å². The zero-order valence-corrected chi connectivity index (χ0v) is 20.3. The van der Waals surface area contributed by atoms with Crippen LogP contribution in [0.4, 0.5) is 0 Å². The molecule has 0 aliphatic heterocycles. The van der Waals surface area contributed by atoms with Crippen LogP contribution in [0.25, 0.3) is 0 Å².